The number of aliphatic hydroxyl groups is 1. The average Bonchev–Trinajstić information content (AvgIpc) is 2.65. The molecule has 1 aromatic rings. The van der Waals surface area contributed by atoms with Gasteiger partial charge in [0.2, 0.25) is 0 Å². The average molecular weight is 195 g/mol. The molecule has 2 heterocycles. The maximum Gasteiger partial charge on any atom is 0.0963 e. The zero-order valence-electron chi connectivity index (χ0n) is 8.49. The first-order chi connectivity index (χ1) is 6.79. The zero-order valence-corrected chi connectivity index (χ0v) is 8.49. The molecule has 1 aliphatic heterocycles. The van der Waals surface area contributed by atoms with Crippen molar-refractivity contribution in [2.45, 2.75) is 25.9 Å². The van der Waals surface area contributed by atoms with Gasteiger partial charge >= 0.3 is 0 Å². The molecule has 2 N–H and O–H groups in total. The fourth-order valence-corrected chi connectivity index (χ4v) is 2.08. The van der Waals surface area contributed by atoms with Crippen molar-refractivity contribution in [1.29, 1.82) is 0 Å². The quantitative estimate of drug-likeness (QED) is 0.753. The van der Waals surface area contributed by atoms with Crippen LogP contribution < -0.4 is 5.32 Å². The van der Waals surface area contributed by atoms with E-state index in [2.05, 4.69) is 5.32 Å². The van der Waals surface area contributed by atoms with Crippen LogP contribution in [0.4, 0.5) is 0 Å². The van der Waals surface area contributed by atoms with Gasteiger partial charge in [0.25, 0.3) is 0 Å². The van der Waals surface area contributed by atoms with Gasteiger partial charge in [-0.2, -0.15) is 0 Å². The zero-order chi connectivity index (χ0) is 9.97. The molecular formula is C11H17NO2. The number of hydrogen-bond donors (Lipinski definition) is 2. The second kappa shape index (κ2) is 4.15. The Morgan fingerprint density at radius 1 is 1.57 bits per heavy atom. The lowest BCUT2D eigenvalue weighted by molar-refractivity contribution is 0.0911. The largest absolute Gasteiger partial charge is 0.472 e. The maximum atomic E-state index is 10.1. The number of aliphatic hydroxyl groups excluding tert-OH is 1. The normalized spacial score (nSPS) is 24.9. The van der Waals surface area contributed by atoms with Crippen LogP contribution in [0.2, 0.25) is 0 Å². The Kier molecular flexibility index (Phi) is 2.89. The summed E-state index contributed by atoms with van der Waals surface area (Å²) in [5, 5.41) is 13.4. The van der Waals surface area contributed by atoms with Crippen LogP contribution in [0, 0.1) is 12.8 Å². The SMILES string of the molecule is Cc1cocc1C(O)C1CCCNC1. The first kappa shape index (κ1) is 9.74. The minimum Gasteiger partial charge on any atom is -0.472 e. The van der Waals surface area contributed by atoms with Crippen molar-refractivity contribution in [3.05, 3.63) is 23.7 Å². The Hall–Kier alpha value is -0.800. The fraction of sp³-hybridized carbons (Fsp3) is 0.636. The minimum atomic E-state index is -0.374. The van der Waals surface area contributed by atoms with Crippen LogP contribution in [-0.4, -0.2) is 18.2 Å². The Morgan fingerprint density at radius 2 is 2.43 bits per heavy atom. The lowest BCUT2D eigenvalue weighted by Gasteiger charge is -2.27. The van der Waals surface area contributed by atoms with Gasteiger partial charge in [-0.3, -0.25) is 0 Å². The summed E-state index contributed by atoms with van der Waals surface area (Å²) in [6, 6.07) is 0. The Labute approximate surface area is 84.1 Å². The van der Waals surface area contributed by atoms with Crippen LogP contribution in [0.3, 0.4) is 0 Å². The van der Waals surface area contributed by atoms with Gasteiger partial charge in [-0.15, -0.1) is 0 Å². The predicted octanol–water partition coefficient (Wildman–Crippen LogP) is 1.62. The third kappa shape index (κ3) is 1.83. The first-order valence-corrected chi connectivity index (χ1v) is 5.20. The van der Waals surface area contributed by atoms with Gasteiger partial charge in [0.05, 0.1) is 18.6 Å². The molecule has 78 valence electrons. The first-order valence-electron chi connectivity index (χ1n) is 5.20. The second-order valence-corrected chi connectivity index (χ2v) is 4.06. The van der Waals surface area contributed by atoms with Crippen molar-refractivity contribution in [1.82, 2.24) is 5.32 Å². The number of aryl methyl sites for hydroxylation is 1. The van der Waals surface area contributed by atoms with Crippen molar-refractivity contribution >= 4 is 0 Å². The van der Waals surface area contributed by atoms with E-state index in [1.807, 2.05) is 6.92 Å². The lowest BCUT2D eigenvalue weighted by Crippen LogP contribution is -2.33. The highest BCUT2D eigenvalue weighted by molar-refractivity contribution is 5.22. The molecule has 2 rings (SSSR count). The number of furan rings is 1. The number of rotatable bonds is 2. The smallest absolute Gasteiger partial charge is 0.0963 e. The highest BCUT2D eigenvalue weighted by atomic mass is 16.3. The summed E-state index contributed by atoms with van der Waals surface area (Å²) >= 11 is 0. The Morgan fingerprint density at radius 3 is 3.00 bits per heavy atom. The predicted molar refractivity (Wildman–Crippen MR) is 54.0 cm³/mol. The summed E-state index contributed by atoms with van der Waals surface area (Å²) in [6.07, 6.45) is 5.22. The minimum absolute atomic E-state index is 0.333. The van der Waals surface area contributed by atoms with E-state index in [9.17, 15) is 5.11 Å². The highest BCUT2D eigenvalue weighted by Gasteiger charge is 2.24. The molecule has 2 unspecified atom stereocenters. The molecule has 2 atom stereocenters. The van der Waals surface area contributed by atoms with Crippen LogP contribution in [0.15, 0.2) is 16.9 Å². The van der Waals surface area contributed by atoms with Crippen LogP contribution in [0.25, 0.3) is 0 Å². The molecule has 1 fully saturated rings. The molecule has 0 amide bonds. The third-order valence-corrected chi connectivity index (χ3v) is 3.00. The van der Waals surface area contributed by atoms with E-state index in [0.29, 0.717) is 5.92 Å². The van der Waals surface area contributed by atoms with Crippen LogP contribution in [0.5, 0.6) is 0 Å². The maximum absolute atomic E-state index is 10.1. The Balaban J connectivity index is 2.07. The lowest BCUT2D eigenvalue weighted by atomic mass is 9.89. The standard InChI is InChI=1S/C11H17NO2/c1-8-6-14-7-10(8)11(13)9-3-2-4-12-5-9/h6-7,9,11-13H,2-5H2,1H3. The van der Waals surface area contributed by atoms with Crippen molar-refractivity contribution in [3.63, 3.8) is 0 Å². The van der Waals surface area contributed by atoms with E-state index in [0.717, 1.165) is 37.1 Å². The van der Waals surface area contributed by atoms with E-state index in [1.54, 1.807) is 12.5 Å². The third-order valence-electron chi connectivity index (χ3n) is 3.00. The molecule has 0 radical (unpaired) electrons. The molecule has 0 saturated carbocycles. The van der Waals surface area contributed by atoms with Crippen molar-refractivity contribution in [2.75, 3.05) is 13.1 Å². The molecule has 1 aromatic heterocycles. The molecule has 14 heavy (non-hydrogen) atoms. The van der Waals surface area contributed by atoms with E-state index >= 15 is 0 Å². The van der Waals surface area contributed by atoms with Gasteiger partial charge in [0.15, 0.2) is 0 Å². The van der Waals surface area contributed by atoms with Crippen molar-refractivity contribution < 1.29 is 9.52 Å². The molecule has 1 saturated heterocycles. The number of nitrogens with one attached hydrogen (secondary N) is 1. The molecule has 1 aliphatic rings. The topological polar surface area (TPSA) is 45.4 Å². The van der Waals surface area contributed by atoms with Crippen LogP contribution in [-0.2, 0) is 0 Å². The second-order valence-electron chi connectivity index (χ2n) is 4.06. The van der Waals surface area contributed by atoms with E-state index < -0.39 is 0 Å². The van der Waals surface area contributed by atoms with Gasteiger partial charge in [-0.05, 0) is 31.9 Å². The van der Waals surface area contributed by atoms with Gasteiger partial charge in [0, 0.05) is 18.0 Å². The monoisotopic (exact) mass is 195 g/mol. The summed E-state index contributed by atoms with van der Waals surface area (Å²) in [7, 11) is 0. The van der Waals surface area contributed by atoms with Crippen LogP contribution in [0.1, 0.15) is 30.1 Å². The van der Waals surface area contributed by atoms with Crippen molar-refractivity contribution in [3.8, 4) is 0 Å². The molecule has 0 spiro atoms. The molecule has 0 aromatic carbocycles. The molecule has 3 nitrogen and oxygen atoms in total. The molecule has 3 heteroatoms. The highest BCUT2D eigenvalue weighted by Crippen LogP contribution is 2.29. The van der Waals surface area contributed by atoms with Gasteiger partial charge in [0.1, 0.15) is 0 Å². The summed E-state index contributed by atoms with van der Waals surface area (Å²) in [5.74, 6) is 0.333. The number of piperidine rings is 1. The van der Waals surface area contributed by atoms with E-state index in [1.165, 1.54) is 0 Å². The van der Waals surface area contributed by atoms with E-state index in [4.69, 9.17) is 4.42 Å². The Bertz CT molecular complexity index is 289. The molecular weight excluding hydrogens is 178 g/mol. The van der Waals surface area contributed by atoms with Crippen LogP contribution >= 0.6 is 0 Å². The van der Waals surface area contributed by atoms with Gasteiger partial charge < -0.3 is 14.8 Å². The fourth-order valence-electron chi connectivity index (χ4n) is 2.08. The van der Waals surface area contributed by atoms with E-state index in [-0.39, 0.29) is 6.10 Å². The van der Waals surface area contributed by atoms with Gasteiger partial charge in [-0.1, -0.05) is 0 Å². The molecule has 0 bridgehead atoms. The van der Waals surface area contributed by atoms with Gasteiger partial charge in [-0.25, -0.2) is 0 Å². The summed E-state index contributed by atoms with van der Waals surface area (Å²) in [6.45, 7) is 3.96. The summed E-state index contributed by atoms with van der Waals surface area (Å²) in [4.78, 5) is 0. The molecule has 0 aliphatic carbocycles. The number of hydrogen-bond acceptors (Lipinski definition) is 3. The summed E-state index contributed by atoms with van der Waals surface area (Å²) in [5.41, 5.74) is 1.99. The summed E-state index contributed by atoms with van der Waals surface area (Å²) < 4.78 is 5.08. The van der Waals surface area contributed by atoms with Crippen molar-refractivity contribution in [2.24, 2.45) is 5.92 Å².